The maximum absolute atomic E-state index is 12.2. The molecule has 5 heteroatoms. The molecule has 3 atom stereocenters. The molecule has 21 heavy (non-hydrogen) atoms. The summed E-state index contributed by atoms with van der Waals surface area (Å²) in [5.41, 5.74) is 0.119. The van der Waals surface area contributed by atoms with Crippen LogP contribution in [-0.4, -0.2) is 24.4 Å². The molecule has 1 saturated heterocycles. The van der Waals surface area contributed by atoms with Crippen molar-refractivity contribution in [1.29, 1.82) is 0 Å². The third-order valence-corrected chi connectivity index (χ3v) is 4.38. The van der Waals surface area contributed by atoms with Crippen molar-refractivity contribution in [2.24, 2.45) is 5.92 Å². The molecule has 1 aromatic carbocycles. The minimum atomic E-state index is -0.839. The quantitative estimate of drug-likeness (QED) is 0.869. The summed E-state index contributed by atoms with van der Waals surface area (Å²) in [6.07, 6.45) is 0.896. The van der Waals surface area contributed by atoms with E-state index in [2.05, 4.69) is 5.32 Å². The molecule has 0 radical (unpaired) electrons. The SMILES string of the molecule is CCC(=O)[C@@H]1C[C@](C)(C(=O)OC)N[C@@H]1c1ccc(Cl)cc1. The van der Waals surface area contributed by atoms with Crippen molar-refractivity contribution < 1.29 is 14.3 Å². The summed E-state index contributed by atoms with van der Waals surface area (Å²) < 4.78 is 4.87. The van der Waals surface area contributed by atoms with Gasteiger partial charge in [0, 0.05) is 23.4 Å². The molecule has 0 saturated carbocycles. The fourth-order valence-electron chi connectivity index (χ4n) is 2.98. The van der Waals surface area contributed by atoms with Crippen molar-refractivity contribution in [3.8, 4) is 0 Å². The van der Waals surface area contributed by atoms with Gasteiger partial charge in [0.1, 0.15) is 11.3 Å². The van der Waals surface area contributed by atoms with Gasteiger partial charge in [0.25, 0.3) is 0 Å². The molecule has 1 fully saturated rings. The number of ether oxygens (including phenoxy) is 1. The smallest absolute Gasteiger partial charge is 0.325 e. The van der Waals surface area contributed by atoms with Gasteiger partial charge in [-0.2, -0.15) is 0 Å². The fourth-order valence-corrected chi connectivity index (χ4v) is 3.10. The van der Waals surface area contributed by atoms with Crippen LogP contribution in [0.15, 0.2) is 24.3 Å². The van der Waals surface area contributed by atoms with Crippen LogP contribution in [-0.2, 0) is 14.3 Å². The van der Waals surface area contributed by atoms with Gasteiger partial charge in [-0.15, -0.1) is 0 Å². The minimum Gasteiger partial charge on any atom is -0.468 e. The van der Waals surface area contributed by atoms with Gasteiger partial charge in [0.05, 0.1) is 7.11 Å². The number of nitrogens with one attached hydrogen (secondary N) is 1. The van der Waals surface area contributed by atoms with Gasteiger partial charge < -0.3 is 4.74 Å². The molecule has 1 aromatic rings. The molecule has 1 aliphatic heterocycles. The van der Waals surface area contributed by atoms with Crippen LogP contribution in [0.1, 0.15) is 38.3 Å². The lowest BCUT2D eigenvalue weighted by Gasteiger charge is -2.22. The van der Waals surface area contributed by atoms with Crippen molar-refractivity contribution >= 4 is 23.4 Å². The summed E-state index contributed by atoms with van der Waals surface area (Å²) in [4.78, 5) is 24.3. The Morgan fingerprint density at radius 2 is 2.00 bits per heavy atom. The van der Waals surface area contributed by atoms with Gasteiger partial charge in [-0.05, 0) is 31.0 Å². The first-order chi connectivity index (χ1) is 9.91. The molecule has 0 unspecified atom stereocenters. The number of halogens is 1. The second-order valence-corrected chi connectivity index (χ2v) is 6.06. The van der Waals surface area contributed by atoms with E-state index in [1.54, 1.807) is 19.1 Å². The van der Waals surface area contributed by atoms with Crippen LogP contribution in [0.4, 0.5) is 0 Å². The molecule has 2 rings (SSSR count). The second kappa shape index (κ2) is 6.16. The van der Waals surface area contributed by atoms with E-state index >= 15 is 0 Å². The number of ketones is 1. The minimum absolute atomic E-state index is 0.148. The summed E-state index contributed by atoms with van der Waals surface area (Å²) in [5, 5.41) is 3.92. The maximum Gasteiger partial charge on any atom is 0.325 e. The lowest BCUT2D eigenvalue weighted by molar-refractivity contribution is -0.147. The molecule has 1 N–H and O–H groups in total. The largest absolute Gasteiger partial charge is 0.468 e. The number of hydrogen-bond donors (Lipinski definition) is 1. The van der Waals surface area contributed by atoms with Gasteiger partial charge in [0.15, 0.2) is 0 Å². The highest BCUT2D eigenvalue weighted by Crippen LogP contribution is 2.40. The molecule has 0 bridgehead atoms. The first-order valence-electron chi connectivity index (χ1n) is 7.05. The summed E-state index contributed by atoms with van der Waals surface area (Å²) in [6.45, 7) is 3.62. The molecule has 0 aliphatic carbocycles. The number of benzene rings is 1. The normalized spacial score (nSPS) is 28.4. The average Bonchev–Trinajstić information content (AvgIpc) is 2.85. The van der Waals surface area contributed by atoms with Crippen molar-refractivity contribution in [2.75, 3.05) is 7.11 Å². The Labute approximate surface area is 129 Å². The first kappa shape index (κ1) is 16.0. The topological polar surface area (TPSA) is 55.4 Å². The molecular weight excluding hydrogens is 290 g/mol. The van der Waals surface area contributed by atoms with Gasteiger partial charge in [-0.1, -0.05) is 30.7 Å². The van der Waals surface area contributed by atoms with E-state index in [4.69, 9.17) is 16.3 Å². The highest BCUT2D eigenvalue weighted by Gasteiger charge is 2.49. The molecule has 0 aromatic heterocycles. The number of hydrogen-bond acceptors (Lipinski definition) is 4. The van der Waals surface area contributed by atoms with E-state index < -0.39 is 5.54 Å². The van der Waals surface area contributed by atoms with Crippen LogP contribution in [0.3, 0.4) is 0 Å². The lowest BCUT2D eigenvalue weighted by Crippen LogP contribution is -2.45. The zero-order valence-electron chi connectivity index (χ0n) is 12.5. The fraction of sp³-hybridized carbons (Fsp3) is 0.500. The predicted octanol–water partition coefficient (Wildman–Crippen LogP) is 2.90. The third kappa shape index (κ3) is 3.11. The molecule has 1 heterocycles. The Bertz CT molecular complexity index is 543. The Morgan fingerprint density at radius 3 is 2.52 bits per heavy atom. The zero-order valence-corrected chi connectivity index (χ0v) is 13.2. The standard InChI is InChI=1S/C16H20ClNO3/c1-4-13(19)12-9-16(2,15(20)21-3)18-14(12)10-5-7-11(17)8-6-10/h5-8,12,14,18H,4,9H2,1-3H3/t12-,14+,16+/m0/s1. The third-order valence-electron chi connectivity index (χ3n) is 4.13. The van der Waals surface area contributed by atoms with Gasteiger partial charge in [-0.25, -0.2) is 0 Å². The highest BCUT2D eigenvalue weighted by molar-refractivity contribution is 6.30. The maximum atomic E-state index is 12.2. The summed E-state index contributed by atoms with van der Waals surface area (Å²) in [5.74, 6) is -0.428. The van der Waals surface area contributed by atoms with Crippen LogP contribution in [0, 0.1) is 5.92 Å². The van der Waals surface area contributed by atoms with Gasteiger partial charge in [0.2, 0.25) is 0 Å². The van der Waals surface area contributed by atoms with Crippen molar-refractivity contribution in [1.82, 2.24) is 5.32 Å². The zero-order chi connectivity index (χ0) is 15.6. The number of rotatable bonds is 4. The lowest BCUT2D eigenvalue weighted by atomic mass is 9.86. The summed E-state index contributed by atoms with van der Waals surface area (Å²) in [7, 11) is 1.36. The Hall–Kier alpha value is -1.39. The van der Waals surface area contributed by atoms with E-state index in [1.165, 1.54) is 7.11 Å². The van der Waals surface area contributed by atoms with Crippen LogP contribution in [0.25, 0.3) is 0 Å². The number of methoxy groups -OCH3 is 1. The molecule has 0 amide bonds. The van der Waals surface area contributed by atoms with Crippen molar-refractivity contribution in [3.63, 3.8) is 0 Å². The van der Waals surface area contributed by atoms with Gasteiger partial charge >= 0.3 is 5.97 Å². The van der Waals surface area contributed by atoms with E-state index in [0.29, 0.717) is 17.9 Å². The van der Waals surface area contributed by atoms with Crippen LogP contribution in [0.2, 0.25) is 5.02 Å². The van der Waals surface area contributed by atoms with Crippen molar-refractivity contribution in [3.05, 3.63) is 34.9 Å². The van der Waals surface area contributed by atoms with Gasteiger partial charge in [-0.3, -0.25) is 14.9 Å². The first-order valence-corrected chi connectivity index (χ1v) is 7.43. The number of carbonyl (C=O) groups is 2. The number of esters is 1. The molecule has 4 nitrogen and oxygen atoms in total. The summed E-state index contributed by atoms with van der Waals surface area (Å²) >= 11 is 5.91. The van der Waals surface area contributed by atoms with Crippen LogP contribution in [0.5, 0.6) is 0 Å². The molecule has 1 aliphatic rings. The molecule has 0 spiro atoms. The average molecular weight is 310 g/mol. The summed E-state index contributed by atoms with van der Waals surface area (Å²) in [6, 6.07) is 7.16. The predicted molar refractivity (Wildman–Crippen MR) is 81.2 cm³/mol. The van der Waals surface area contributed by atoms with E-state index in [9.17, 15) is 9.59 Å². The van der Waals surface area contributed by atoms with Crippen LogP contribution < -0.4 is 5.32 Å². The molecular formula is C16H20ClNO3. The van der Waals surface area contributed by atoms with E-state index in [1.807, 2.05) is 19.1 Å². The number of Topliss-reactive ketones (excluding diaryl/α,β-unsaturated/α-hetero) is 1. The Kier molecular flexibility index (Phi) is 4.69. The second-order valence-electron chi connectivity index (χ2n) is 5.63. The molecule has 114 valence electrons. The Balaban J connectivity index is 2.34. The van der Waals surface area contributed by atoms with Crippen molar-refractivity contribution in [2.45, 2.75) is 38.3 Å². The Morgan fingerprint density at radius 1 is 1.38 bits per heavy atom. The number of carbonyl (C=O) groups excluding carboxylic acids is 2. The van der Waals surface area contributed by atoms with E-state index in [0.717, 1.165) is 5.56 Å². The monoisotopic (exact) mass is 309 g/mol. The van der Waals surface area contributed by atoms with E-state index in [-0.39, 0.29) is 23.7 Å². The van der Waals surface area contributed by atoms with Crippen LogP contribution >= 0.6 is 11.6 Å². The highest BCUT2D eigenvalue weighted by atomic mass is 35.5.